The lowest BCUT2D eigenvalue weighted by atomic mass is 9.99. The van der Waals surface area contributed by atoms with Crippen molar-refractivity contribution >= 4 is 29.3 Å². The second-order valence-corrected chi connectivity index (χ2v) is 7.09. The monoisotopic (exact) mass is 420 g/mol. The topological polar surface area (TPSA) is 88.7 Å². The molecule has 0 saturated heterocycles. The number of rotatable bonds is 8. The van der Waals surface area contributed by atoms with Gasteiger partial charge in [0, 0.05) is 35.5 Å². The molecule has 1 atom stereocenters. The van der Waals surface area contributed by atoms with Crippen LogP contribution in [0.15, 0.2) is 24.3 Å². The third kappa shape index (κ3) is 4.86. The Balaban J connectivity index is 2.38. The van der Waals surface area contributed by atoms with Gasteiger partial charge in [-0.25, -0.2) is 4.79 Å². The summed E-state index contributed by atoms with van der Waals surface area (Å²) in [5.41, 5.74) is 2.07. The molecule has 1 aromatic carbocycles. The van der Waals surface area contributed by atoms with Crippen LogP contribution in [0.3, 0.4) is 0 Å². The lowest BCUT2D eigenvalue weighted by molar-refractivity contribution is 0.0563. The Labute approximate surface area is 174 Å². The molecule has 0 radical (unpaired) electrons. The Morgan fingerprint density at radius 3 is 2.31 bits per heavy atom. The minimum absolute atomic E-state index is 0.230. The number of carbonyl (C=O) groups excluding carboxylic acids is 3. The fraction of sp³-hybridized carbons (Fsp3) is 0.381. The van der Waals surface area contributed by atoms with Crippen LogP contribution in [0.5, 0.6) is 0 Å². The molecule has 7 nitrogen and oxygen atoms in total. The first-order valence-electron chi connectivity index (χ1n) is 9.10. The second kappa shape index (κ2) is 9.71. The summed E-state index contributed by atoms with van der Waals surface area (Å²) in [4.78, 5) is 42.6. The van der Waals surface area contributed by atoms with Gasteiger partial charge in [0.2, 0.25) is 0 Å². The van der Waals surface area contributed by atoms with Crippen LogP contribution in [0.4, 0.5) is 0 Å². The number of carbonyl (C=O) groups is 3. The lowest BCUT2D eigenvalue weighted by Crippen LogP contribution is -2.45. The molecule has 0 aliphatic heterocycles. The fourth-order valence-electron chi connectivity index (χ4n) is 3.20. The van der Waals surface area contributed by atoms with Gasteiger partial charge in [-0.3, -0.25) is 9.59 Å². The highest BCUT2D eigenvalue weighted by atomic mass is 35.5. The third-order valence-corrected chi connectivity index (χ3v) is 5.06. The zero-order valence-electron chi connectivity index (χ0n) is 17.2. The van der Waals surface area contributed by atoms with Crippen molar-refractivity contribution in [2.75, 3.05) is 27.4 Å². The van der Waals surface area contributed by atoms with E-state index in [0.29, 0.717) is 27.4 Å². The first-order chi connectivity index (χ1) is 13.7. The maximum atomic E-state index is 13.3. The van der Waals surface area contributed by atoms with E-state index in [4.69, 9.17) is 21.1 Å². The summed E-state index contributed by atoms with van der Waals surface area (Å²) < 4.78 is 9.88. The van der Waals surface area contributed by atoms with Gasteiger partial charge in [-0.1, -0.05) is 11.6 Å². The number of amides is 1. The van der Waals surface area contributed by atoms with E-state index in [-0.39, 0.29) is 30.5 Å². The molecule has 1 aromatic heterocycles. The largest absolute Gasteiger partial charge is 0.464 e. The maximum Gasteiger partial charge on any atom is 0.354 e. The van der Waals surface area contributed by atoms with Crippen LogP contribution in [0.2, 0.25) is 5.02 Å². The molecule has 1 heterocycles. The number of nitrogens with zero attached hydrogens (tertiary/aromatic N) is 1. The van der Waals surface area contributed by atoms with E-state index in [0.717, 1.165) is 0 Å². The van der Waals surface area contributed by atoms with Gasteiger partial charge >= 0.3 is 5.97 Å². The zero-order chi connectivity index (χ0) is 21.7. The molecular weight excluding hydrogens is 396 g/mol. The van der Waals surface area contributed by atoms with E-state index in [1.54, 1.807) is 45.0 Å². The van der Waals surface area contributed by atoms with Crippen molar-refractivity contribution in [2.45, 2.75) is 26.8 Å². The quantitative estimate of drug-likeness (QED) is 0.522. The number of benzene rings is 1. The van der Waals surface area contributed by atoms with Crippen LogP contribution in [0.25, 0.3) is 0 Å². The predicted octanol–water partition coefficient (Wildman–Crippen LogP) is 3.43. The minimum Gasteiger partial charge on any atom is -0.464 e. The van der Waals surface area contributed by atoms with E-state index in [1.165, 1.54) is 19.1 Å². The number of aromatic nitrogens is 1. The van der Waals surface area contributed by atoms with Gasteiger partial charge in [0.15, 0.2) is 5.78 Å². The number of hydrogen-bond donors (Lipinski definition) is 1. The van der Waals surface area contributed by atoms with Crippen molar-refractivity contribution in [2.24, 2.45) is 0 Å². The van der Waals surface area contributed by atoms with Crippen molar-refractivity contribution in [1.82, 2.24) is 9.88 Å². The first kappa shape index (κ1) is 22.6. The van der Waals surface area contributed by atoms with Gasteiger partial charge in [-0.2, -0.15) is 0 Å². The van der Waals surface area contributed by atoms with Crippen molar-refractivity contribution in [3.05, 3.63) is 57.4 Å². The standard InChI is InChI=1S/C21H25ClN2O5/c1-12-17(13(2)23-18(12)21(27)29-5)19(25)14(3)24(10-11-28-4)20(26)15-6-8-16(22)9-7-15/h6-9,14,23H,10-11H2,1-5H3/t14-/m0/s1. The minimum atomic E-state index is -0.771. The smallest absolute Gasteiger partial charge is 0.354 e. The van der Waals surface area contributed by atoms with E-state index in [9.17, 15) is 14.4 Å². The summed E-state index contributed by atoms with van der Waals surface area (Å²) in [6.07, 6.45) is 0. The predicted molar refractivity (Wildman–Crippen MR) is 110 cm³/mol. The molecule has 0 spiro atoms. The molecule has 2 aromatic rings. The SMILES string of the molecule is COCCN(C(=O)c1ccc(Cl)cc1)[C@@H](C)C(=O)c1c(C)[nH]c(C(=O)OC)c1C. The van der Waals surface area contributed by atoms with Gasteiger partial charge in [0.1, 0.15) is 5.69 Å². The molecule has 0 unspecified atom stereocenters. The Kier molecular flexibility index (Phi) is 7.59. The zero-order valence-corrected chi connectivity index (χ0v) is 17.9. The molecule has 0 saturated carbocycles. The Morgan fingerprint density at radius 2 is 1.76 bits per heavy atom. The number of Topliss-reactive ketones (excluding diaryl/α,β-unsaturated/α-hetero) is 1. The van der Waals surface area contributed by atoms with Crippen molar-refractivity contribution < 1.29 is 23.9 Å². The molecule has 0 fully saturated rings. The summed E-state index contributed by atoms with van der Waals surface area (Å²) in [6, 6.07) is 5.71. The maximum absolute atomic E-state index is 13.3. The van der Waals surface area contributed by atoms with Crippen molar-refractivity contribution in [1.29, 1.82) is 0 Å². The average Bonchev–Trinajstić information content (AvgIpc) is 3.01. The Bertz CT molecular complexity index is 905. The highest BCUT2D eigenvalue weighted by molar-refractivity contribution is 6.30. The summed E-state index contributed by atoms with van der Waals surface area (Å²) in [6.45, 7) is 5.55. The van der Waals surface area contributed by atoms with Crippen LogP contribution < -0.4 is 0 Å². The molecule has 1 N–H and O–H groups in total. The highest BCUT2D eigenvalue weighted by Crippen LogP contribution is 2.23. The van der Waals surface area contributed by atoms with E-state index >= 15 is 0 Å². The van der Waals surface area contributed by atoms with Crippen LogP contribution >= 0.6 is 11.6 Å². The number of hydrogen-bond acceptors (Lipinski definition) is 5. The van der Waals surface area contributed by atoms with Crippen LogP contribution in [-0.2, 0) is 9.47 Å². The Hall–Kier alpha value is -2.64. The molecular formula is C21H25ClN2O5. The molecule has 8 heteroatoms. The van der Waals surface area contributed by atoms with Gasteiger partial charge < -0.3 is 19.4 Å². The summed E-state index contributed by atoms with van der Waals surface area (Å²) in [7, 11) is 2.81. The molecule has 0 bridgehead atoms. The number of halogens is 1. The van der Waals surface area contributed by atoms with E-state index in [2.05, 4.69) is 4.98 Å². The summed E-state index contributed by atoms with van der Waals surface area (Å²) in [5, 5.41) is 0.517. The van der Waals surface area contributed by atoms with Crippen molar-refractivity contribution in [3.8, 4) is 0 Å². The first-order valence-corrected chi connectivity index (χ1v) is 9.47. The molecule has 156 valence electrons. The van der Waals surface area contributed by atoms with E-state index in [1.807, 2.05) is 0 Å². The molecule has 29 heavy (non-hydrogen) atoms. The Morgan fingerprint density at radius 1 is 1.14 bits per heavy atom. The molecule has 0 aliphatic rings. The van der Waals surface area contributed by atoms with Gasteiger partial charge in [0.25, 0.3) is 5.91 Å². The number of ketones is 1. The number of aromatic amines is 1. The van der Waals surface area contributed by atoms with Gasteiger partial charge in [-0.05, 0) is 50.6 Å². The van der Waals surface area contributed by atoms with Crippen molar-refractivity contribution in [3.63, 3.8) is 0 Å². The lowest BCUT2D eigenvalue weighted by Gasteiger charge is -2.28. The van der Waals surface area contributed by atoms with Crippen LogP contribution in [0, 0.1) is 13.8 Å². The van der Waals surface area contributed by atoms with Gasteiger partial charge in [0.05, 0.1) is 19.8 Å². The molecule has 0 aliphatic carbocycles. The van der Waals surface area contributed by atoms with E-state index < -0.39 is 12.0 Å². The molecule has 2 rings (SSSR count). The number of H-pyrrole nitrogens is 1. The number of methoxy groups -OCH3 is 2. The number of ether oxygens (including phenoxy) is 2. The summed E-state index contributed by atoms with van der Waals surface area (Å²) >= 11 is 5.91. The normalized spacial score (nSPS) is 11.8. The van der Waals surface area contributed by atoms with Crippen LogP contribution in [0.1, 0.15) is 49.4 Å². The van der Waals surface area contributed by atoms with Crippen LogP contribution in [-0.4, -0.2) is 61.0 Å². The fourth-order valence-corrected chi connectivity index (χ4v) is 3.32. The number of aryl methyl sites for hydroxylation is 1. The highest BCUT2D eigenvalue weighted by Gasteiger charge is 2.31. The third-order valence-electron chi connectivity index (χ3n) is 4.81. The number of nitrogens with one attached hydrogen (secondary N) is 1. The summed E-state index contributed by atoms with van der Waals surface area (Å²) in [5.74, 6) is -1.13. The second-order valence-electron chi connectivity index (χ2n) is 6.66. The van der Waals surface area contributed by atoms with Gasteiger partial charge in [-0.15, -0.1) is 0 Å². The number of esters is 1. The average molecular weight is 421 g/mol. The molecule has 1 amide bonds.